The number of rotatable bonds is 5. The molecule has 0 saturated heterocycles. The lowest BCUT2D eigenvalue weighted by molar-refractivity contribution is -0.376. The lowest BCUT2D eigenvalue weighted by Gasteiger charge is -2.33. The van der Waals surface area contributed by atoms with Gasteiger partial charge in [0, 0.05) is 11.3 Å². The zero-order valence-electron chi connectivity index (χ0n) is 13.6. The average molecular weight is 373 g/mol. The molecule has 25 heavy (non-hydrogen) atoms. The number of carbonyl (C=O) groups is 1. The topological polar surface area (TPSA) is 58.6 Å². The highest BCUT2D eigenvalue weighted by molar-refractivity contribution is 5.76. The first-order chi connectivity index (χ1) is 11.3. The third kappa shape index (κ3) is 4.17. The van der Waals surface area contributed by atoms with Crippen LogP contribution in [-0.4, -0.2) is 36.6 Å². The molecule has 0 aliphatic carbocycles. The summed E-state index contributed by atoms with van der Waals surface area (Å²) in [6.45, 7) is 3.92. The van der Waals surface area contributed by atoms with Crippen LogP contribution in [-0.2, 0) is 15.1 Å². The molecule has 0 atom stereocenters. The van der Waals surface area contributed by atoms with E-state index in [4.69, 9.17) is 0 Å². The molecule has 0 heterocycles. The fourth-order valence-corrected chi connectivity index (χ4v) is 2.31. The minimum atomic E-state index is -5.95. The van der Waals surface area contributed by atoms with Gasteiger partial charge in [-0.05, 0) is 31.9 Å². The van der Waals surface area contributed by atoms with Crippen molar-refractivity contribution >= 4 is 11.7 Å². The van der Waals surface area contributed by atoms with Gasteiger partial charge in [0.15, 0.2) is 0 Å². The lowest BCUT2D eigenvalue weighted by Crippen LogP contribution is -2.54. The Kier molecular flexibility index (Phi) is 5.99. The summed E-state index contributed by atoms with van der Waals surface area (Å²) in [6.07, 6.45) is -11.9. The number of hydrogen-bond acceptors (Lipinski definition) is 4. The van der Waals surface area contributed by atoms with Crippen molar-refractivity contribution in [2.75, 3.05) is 18.5 Å². The van der Waals surface area contributed by atoms with Gasteiger partial charge in [0.2, 0.25) is 0 Å². The van der Waals surface area contributed by atoms with Crippen LogP contribution in [0, 0.1) is 13.8 Å². The molecule has 0 radical (unpaired) electrons. The quantitative estimate of drug-likeness (QED) is 0.612. The largest absolute Gasteiger partial charge is 0.465 e. The van der Waals surface area contributed by atoms with E-state index in [1.807, 2.05) is 0 Å². The molecule has 0 spiro atoms. The minimum Gasteiger partial charge on any atom is -0.465 e. The van der Waals surface area contributed by atoms with E-state index >= 15 is 0 Å². The molecule has 0 bridgehead atoms. The van der Waals surface area contributed by atoms with Crippen molar-refractivity contribution in [2.24, 2.45) is 0 Å². The first kappa shape index (κ1) is 21.1. The number of carbonyl (C=O) groups excluding carboxylic acids is 1. The van der Waals surface area contributed by atoms with Crippen LogP contribution in [0.1, 0.15) is 23.6 Å². The maximum absolute atomic E-state index is 12.9. The van der Waals surface area contributed by atoms with Gasteiger partial charge in [-0.3, -0.25) is 4.79 Å². The molecule has 1 rings (SSSR count). The van der Waals surface area contributed by atoms with Crippen LogP contribution < -0.4 is 5.32 Å². The fraction of sp³-hybridized carbons (Fsp3) is 0.533. The van der Waals surface area contributed by atoms with Crippen LogP contribution in [0.2, 0.25) is 0 Å². The normalized spacial score (nSPS) is 12.9. The Balaban J connectivity index is 3.31. The summed E-state index contributed by atoms with van der Waals surface area (Å²) in [5.74, 6) is -0.632. The van der Waals surface area contributed by atoms with Gasteiger partial charge in [-0.25, -0.2) is 0 Å². The van der Waals surface area contributed by atoms with Crippen LogP contribution >= 0.6 is 0 Å². The van der Waals surface area contributed by atoms with E-state index in [0.29, 0.717) is 12.1 Å². The highest BCUT2D eigenvalue weighted by Crippen LogP contribution is 2.50. The Labute approximate surface area is 139 Å². The lowest BCUT2D eigenvalue weighted by atomic mass is 9.89. The number of nitrogens with one attached hydrogen (secondary N) is 1. The molecule has 0 aliphatic rings. The molecule has 2 N–H and O–H groups in total. The molecule has 1 aromatic carbocycles. The molecular formula is C15H17F6NO3. The van der Waals surface area contributed by atoms with E-state index in [1.165, 1.54) is 13.8 Å². The second kappa shape index (κ2) is 7.11. The smallest absolute Gasteiger partial charge is 0.430 e. The molecule has 0 fully saturated rings. The number of benzene rings is 1. The van der Waals surface area contributed by atoms with Crippen LogP contribution in [0.25, 0.3) is 0 Å². The van der Waals surface area contributed by atoms with Gasteiger partial charge in [-0.15, -0.1) is 0 Å². The number of aryl methyl sites for hydroxylation is 2. The van der Waals surface area contributed by atoms with Crippen LogP contribution in [0.4, 0.5) is 32.0 Å². The van der Waals surface area contributed by atoms with Gasteiger partial charge in [0.05, 0.1) is 6.61 Å². The maximum Gasteiger partial charge on any atom is 0.430 e. The van der Waals surface area contributed by atoms with Crippen LogP contribution in [0.3, 0.4) is 0 Å². The van der Waals surface area contributed by atoms with Crippen LogP contribution in [0.5, 0.6) is 0 Å². The summed E-state index contributed by atoms with van der Waals surface area (Å²) in [7, 11) is 0. The Bertz CT molecular complexity index is 602. The third-order valence-electron chi connectivity index (χ3n) is 3.49. The molecular weight excluding hydrogens is 356 g/mol. The number of anilines is 1. The van der Waals surface area contributed by atoms with E-state index < -0.39 is 29.5 Å². The SMILES string of the molecule is CCOC(=O)CNc1c(C)cc(C(O)(C(F)(F)F)C(F)(F)F)cc1C. The molecule has 0 saturated carbocycles. The third-order valence-corrected chi connectivity index (χ3v) is 3.49. The van der Waals surface area contributed by atoms with Crippen molar-refractivity contribution in [3.05, 3.63) is 28.8 Å². The summed E-state index contributed by atoms with van der Waals surface area (Å²) in [4.78, 5) is 11.3. The number of ether oxygens (including phenoxy) is 1. The fourth-order valence-electron chi connectivity index (χ4n) is 2.31. The highest BCUT2D eigenvalue weighted by Gasteiger charge is 2.71. The number of alkyl halides is 6. The summed E-state index contributed by atoms with van der Waals surface area (Å²) in [6, 6.07) is 1.17. The minimum absolute atomic E-state index is 0.00576. The Morgan fingerprint density at radius 2 is 1.52 bits per heavy atom. The van der Waals surface area contributed by atoms with Gasteiger partial charge >= 0.3 is 18.3 Å². The number of halogens is 6. The van der Waals surface area contributed by atoms with Gasteiger partial charge in [-0.2, -0.15) is 26.3 Å². The van der Waals surface area contributed by atoms with Crippen LogP contribution in [0.15, 0.2) is 12.1 Å². The monoisotopic (exact) mass is 373 g/mol. The van der Waals surface area contributed by atoms with Gasteiger partial charge in [-0.1, -0.05) is 12.1 Å². The predicted octanol–water partition coefficient (Wildman–Crippen LogP) is 3.59. The maximum atomic E-state index is 12.9. The highest BCUT2D eigenvalue weighted by atomic mass is 19.4. The number of esters is 1. The predicted molar refractivity (Wildman–Crippen MR) is 77.0 cm³/mol. The van der Waals surface area contributed by atoms with Crippen molar-refractivity contribution in [2.45, 2.75) is 38.7 Å². The second-order valence-corrected chi connectivity index (χ2v) is 5.35. The van der Waals surface area contributed by atoms with Crippen molar-refractivity contribution in [3.8, 4) is 0 Å². The Hall–Kier alpha value is -1.97. The molecule has 4 nitrogen and oxygen atoms in total. The summed E-state index contributed by atoms with van der Waals surface area (Å²) in [5.41, 5.74) is -6.14. The molecule has 0 aliphatic heterocycles. The number of hydrogen-bond donors (Lipinski definition) is 2. The summed E-state index contributed by atoms with van der Waals surface area (Å²) < 4.78 is 82.3. The van der Waals surface area contributed by atoms with Gasteiger partial charge in [0.25, 0.3) is 5.60 Å². The van der Waals surface area contributed by atoms with Crippen molar-refractivity contribution in [1.82, 2.24) is 0 Å². The molecule has 0 amide bonds. The number of aliphatic hydroxyl groups is 1. The van der Waals surface area contributed by atoms with Crippen molar-refractivity contribution < 1.29 is 41.0 Å². The second-order valence-electron chi connectivity index (χ2n) is 5.35. The van der Waals surface area contributed by atoms with E-state index in [9.17, 15) is 36.2 Å². The van der Waals surface area contributed by atoms with Gasteiger partial charge < -0.3 is 15.2 Å². The molecule has 1 aromatic rings. The Morgan fingerprint density at radius 1 is 1.08 bits per heavy atom. The standard InChI is InChI=1S/C15H17F6NO3/c1-4-25-11(23)7-22-12-8(2)5-10(6-9(12)3)13(24,14(16,17)18)15(19,20)21/h5-6,22,24H,4,7H2,1-3H3. The molecule has 142 valence electrons. The van der Waals surface area contributed by atoms with E-state index in [2.05, 4.69) is 10.1 Å². The average Bonchev–Trinajstić information content (AvgIpc) is 2.43. The first-order valence-corrected chi connectivity index (χ1v) is 7.12. The van der Waals surface area contributed by atoms with Crippen molar-refractivity contribution in [3.63, 3.8) is 0 Å². The summed E-state index contributed by atoms with van der Waals surface area (Å²) >= 11 is 0. The Morgan fingerprint density at radius 3 is 1.88 bits per heavy atom. The first-order valence-electron chi connectivity index (χ1n) is 7.12. The molecule has 10 heteroatoms. The van der Waals surface area contributed by atoms with E-state index in [1.54, 1.807) is 6.92 Å². The zero-order valence-corrected chi connectivity index (χ0v) is 13.6. The molecule has 0 aromatic heterocycles. The van der Waals surface area contributed by atoms with Crippen molar-refractivity contribution in [1.29, 1.82) is 0 Å². The molecule has 0 unspecified atom stereocenters. The summed E-state index contributed by atoms with van der Waals surface area (Å²) in [5, 5.41) is 12.0. The van der Waals surface area contributed by atoms with E-state index in [-0.39, 0.29) is 30.0 Å². The zero-order chi connectivity index (χ0) is 19.6. The van der Waals surface area contributed by atoms with Gasteiger partial charge in [0.1, 0.15) is 6.54 Å². The van der Waals surface area contributed by atoms with E-state index in [0.717, 1.165) is 0 Å².